The molecule has 0 aliphatic heterocycles. The highest BCUT2D eigenvalue weighted by molar-refractivity contribution is 6.02. The Balaban J connectivity index is 1.83. The number of H-pyrrole nitrogens is 2. The number of aromatic amines is 2. The molecule has 3 rings (SSSR count). The molecule has 0 aliphatic carbocycles. The highest BCUT2D eigenvalue weighted by atomic mass is 16.2. The fraction of sp³-hybridized carbons (Fsp3) is 0. The van der Waals surface area contributed by atoms with E-state index in [4.69, 9.17) is 0 Å². The van der Waals surface area contributed by atoms with E-state index in [9.17, 15) is 14.4 Å². The number of nitrogens with one attached hydrogen (secondary N) is 3. The molecule has 8 heteroatoms. The van der Waals surface area contributed by atoms with Crippen molar-refractivity contribution in [2.45, 2.75) is 0 Å². The first-order valence-corrected chi connectivity index (χ1v) is 6.65. The first kappa shape index (κ1) is 14.4. The van der Waals surface area contributed by atoms with Gasteiger partial charge in [0.1, 0.15) is 5.69 Å². The van der Waals surface area contributed by atoms with Gasteiger partial charge in [-0.1, -0.05) is 12.1 Å². The van der Waals surface area contributed by atoms with Gasteiger partial charge in [0, 0.05) is 23.4 Å². The molecule has 2 aromatic heterocycles. The van der Waals surface area contributed by atoms with Gasteiger partial charge in [-0.25, -0.2) is 10.2 Å². The van der Waals surface area contributed by atoms with Gasteiger partial charge >= 0.3 is 0 Å². The van der Waals surface area contributed by atoms with E-state index in [0.29, 0.717) is 11.4 Å². The number of aromatic nitrogens is 4. The lowest BCUT2D eigenvalue weighted by molar-refractivity contribution is 0.102. The molecule has 0 saturated heterocycles. The summed E-state index contributed by atoms with van der Waals surface area (Å²) in [5.41, 5.74) is 1.26. The lowest BCUT2D eigenvalue weighted by Gasteiger charge is -2.06. The van der Waals surface area contributed by atoms with Gasteiger partial charge in [0.05, 0.1) is 5.69 Å². The second-order valence-electron chi connectivity index (χ2n) is 4.65. The summed E-state index contributed by atoms with van der Waals surface area (Å²) in [5, 5.41) is 14.8. The lowest BCUT2D eigenvalue weighted by atomic mass is 10.1. The van der Waals surface area contributed by atoms with Gasteiger partial charge in [0.2, 0.25) is 0 Å². The second kappa shape index (κ2) is 6.06. The van der Waals surface area contributed by atoms with Crippen LogP contribution in [0.4, 0.5) is 5.69 Å². The maximum atomic E-state index is 12.1. The number of amides is 1. The third kappa shape index (κ3) is 3.38. The van der Waals surface area contributed by atoms with Gasteiger partial charge in [-0.05, 0) is 24.3 Å². The lowest BCUT2D eigenvalue weighted by Crippen LogP contribution is -2.17. The molecule has 0 spiro atoms. The Kier molecular flexibility index (Phi) is 3.79. The SMILES string of the molecule is O=C(Nc1cccc(-c2ccc(=O)[nH]n2)c1)c1ccc(=O)[nH]n1. The molecule has 1 aromatic carbocycles. The standard InChI is InChI=1S/C15H11N5O3/c21-13-6-4-11(17-19-13)9-2-1-3-10(8-9)16-15(23)12-5-7-14(22)20-18-12/h1-8H,(H,16,23)(H,19,21)(H,20,22). The summed E-state index contributed by atoms with van der Waals surface area (Å²) >= 11 is 0. The molecular weight excluding hydrogens is 298 g/mol. The zero-order valence-electron chi connectivity index (χ0n) is 11.7. The highest BCUT2D eigenvalue weighted by Gasteiger charge is 2.08. The molecule has 0 aliphatic rings. The first-order valence-electron chi connectivity index (χ1n) is 6.65. The van der Waals surface area contributed by atoms with Crippen molar-refractivity contribution in [3.05, 3.63) is 74.9 Å². The number of nitrogens with zero attached hydrogens (tertiary/aromatic N) is 2. The van der Waals surface area contributed by atoms with Gasteiger partial charge in [0.15, 0.2) is 0 Å². The van der Waals surface area contributed by atoms with Crippen molar-refractivity contribution in [1.82, 2.24) is 20.4 Å². The van der Waals surface area contributed by atoms with E-state index in [-0.39, 0.29) is 16.8 Å². The summed E-state index contributed by atoms with van der Waals surface area (Å²) < 4.78 is 0. The number of hydrogen-bond donors (Lipinski definition) is 3. The van der Waals surface area contributed by atoms with Crippen molar-refractivity contribution in [2.24, 2.45) is 0 Å². The Bertz CT molecular complexity index is 936. The molecule has 0 radical (unpaired) electrons. The normalized spacial score (nSPS) is 10.3. The predicted octanol–water partition coefficient (Wildman–Crippen LogP) is 0.772. The number of carbonyl (C=O) groups is 1. The minimum absolute atomic E-state index is 0.0946. The second-order valence-corrected chi connectivity index (χ2v) is 4.65. The van der Waals surface area contributed by atoms with Crippen LogP contribution in [0.3, 0.4) is 0 Å². The number of rotatable bonds is 3. The molecular formula is C15H11N5O3. The molecule has 0 unspecified atom stereocenters. The van der Waals surface area contributed by atoms with Crippen LogP contribution in [0, 0.1) is 0 Å². The maximum absolute atomic E-state index is 12.1. The minimum atomic E-state index is -0.451. The van der Waals surface area contributed by atoms with E-state index >= 15 is 0 Å². The molecule has 23 heavy (non-hydrogen) atoms. The maximum Gasteiger partial charge on any atom is 0.276 e. The quantitative estimate of drug-likeness (QED) is 0.660. The van der Waals surface area contributed by atoms with E-state index in [1.807, 2.05) is 0 Å². The number of benzene rings is 1. The summed E-state index contributed by atoms with van der Waals surface area (Å²) in [6.45, 7) is 0. The fourth-order valence-corrected chi connectivity index (χ4v) is 1.93. The summed E-state index contributed by atoms with van der Waals surface area (Å²) in [6.07, 6.45) is 0. The van der Waals surface area contributed by atoms with Crippen LogP contribution in [0.25, 0.3) is 11.3 Å². The fourth-order valence-electron chi connectivity index (χ4n) is 1.93. The van der Waals surface area contributed by atoms with Crippen molar-refractivity contribution in [1.29, 1.82) is 0 Å². The third-order valence-corrected chi connectivity index (χ3v) is 3.01. The molecule has 114 valence electrons. The molecule has 8 nitrogen and oxygen atoms in total. The molecule has 0 saturated carbocycles. The van der Waals surface area contributed by atoms with Crippen molar-refractivity contribution in [3.8, 4) is 11.3 Å². The zero-order chi connectivity index (χ0) is 16.2. The molecule has 3 aromatic rings. The highest BCUT2D eigenvalue weighted by Crippen LogP contribution is 2.19. The number of anilines is 1. The van der Waals surface area contributed by atoms with Crippen molar-refractivity contribution >= 4 is 11.6 Å². The third-order valence-electron chi connectivity index (χ3n) is 3.01. The molecule has 0 fully saturated rings. The zero-order valence-corrected chi connectivity index (χ0v) is 11.7. The van der Waals surface area contributed by atoms with Gasteiger partial charge < -0.3 is 5.32 Å². The van der Waals surface area contributed by atoms with Crippen LogP contribution in [0.2, 0.25) is 0 Å². The van der Waals surface area contributed by atoms with Crippen LogP contribution in [0.15, 0.2) is 58.1 Å². The molecule has 1 amide bonds. The largest absolute Gasteiger partial charge is 0.321 e. The van der Waals surface area contributed by atoms with E-state index in [1.165, 1.54) is 18.2 Å². The first-order chi connectivity index (χ1) is 11.1. The smallest absolute Gasteiger partial charge is 0.276 e. The number of hydrogen-bond acceptors (Lipinski definition) is 5. The Morgan fingerprint density at radius 2 is 1.65 bits per heavy atom. The van der Waals surface area contributed by atoms with E-state index in [2.05, 4.69) is 25.7 Å². The number of carbonyl (C=O) groups excluding carboxylic acids is 1. The summed E-state index contributed by atoms with van der Waals surface area (Å²) in [6, 6.07) is 12.5. The molecule has 2 heterocycles. The van der Waals surface area contributed by atoms with E-state index in [0.717, 1.165) is 5.56 Å². The van der Waals surface area contributed by atoms with Gasteiger partial charge in [-0.3, -0.25) is 14.4 Å². The molecule has 3 N–H and O–H groups in total. The average molecular weight is 309 g/mol. The Labute approximate surface area is 129 Å². The van der Waals surface area contributed by atoms with Crippen LogP contribution in [-0.2, 0) is 0 Å². The van der Waals surface area contributed by atoms with E-state index in [1.54, 1.807) is 30.3 Å². The predicted molar refractivity (Wildman–Crippen MR) is 83.1 cm³/mol. The minimum Gasteiger partial charge on any atom is -0.321 e. The van der Waals surface area contributed by atoms with Crippen LogP contribution < -0.4 is 16.4 Å². The monoisotopic (exact) mass is 309 g/mol. The molecule has 0 atom stereocenters. The summed E-state index contributed by atoms with van der Waals surface area (Å²) in [7, 11) is 0. The van der Waals surface area contributed by atoms with Crippen LogP contribution in [0.1, 0.15) is 10.5 Å². The Hall–Kier alpha value is -3.55. The van der Waals surface area contributed by atoms with E-state index < -0.39 is 5.91 Å². The Morgan fingerprint density at radius 1 is 0.913 bits per heavy atom. The van der Waals surface area contributed by atoms with Crippen molar-refractivity contribution in [2.75, 3.05) is 5.32 Å². The van der Waals surface area contributed by atoms with Gasteiger partial charge in [-0.15, -0.1) is 0 Å². The summed E-state index contributed by atoms with van der Waals surface area (Å²) in [4.78, 5) is 34.0. The van der Waals surface area contributed by atoms with Crippen LogP contribution in [-0.4, -0.2) is 26.3 Å². The average Bonchev–Trinajstić information content (AvgIpc) is 2.56. The van der Waals surface area contributed by atoms with Crippen LogP contribution >= 0.6 is 0 Å². The molecule has 0 bridgehead atoms. The van der Waals surface area contributed by atoms with Gasteiger partial charge in [-0.2, -0.15) is 10.2 Å². The Morgan fingerprint density at radius 3 is 2.30 bits per heavy atom. The van der Waals surface area contributed by atoms with Crippen molar-refractivity contribution < 1.29 is 4.79 Å². The summed E-state index contributed by atoms with van der Waals surface area (Å²) in [5.74, 6) is -0.451. The topological polar surface area (TPSA) is 121 Å². The van der Waals surface area contributed by atoms with Gasteiger partial charge in [0.25, 0.3) is 17.0 Å². The van der Waals surface area contributed by atoms with Crippen LogP contribution in [0.5, 0.6) is 0 Å². The van der Waals surface area contributed by atoms with Crippen molar-refractivity contribution in [3.63, 3.8) is 0 Å².